The van der Waals surface area contributed by atoms with Crippen molar-refractivity contribution < 1.29 is 5.11 Å². The highest BCUT2D eigenvalue weighted by atomic mass is 16.3. The normalized spacial score (nSPS) is 35.7. The highest BCUT2D eigenvalue weighted by Gasteiger charge is 2.42. The third kappa shape index (κ3) is 1.56. The number of fused-ring (bicyclic) bond motifs is 2. The number of hydrogen-bond acceptors (Lipinski definition) is 3. The van der Waals surface area contributed by atoms with Crippen molar-refractivity contribution in [3.05, 3.63) is 30.1 Å². The van der Waals surface area contributed by atoms with E-state index in [0.717, 1.165) is 12.0 Å². The molecular weight excluding hydrogens is 188 g/mol. The number of aliphatic hydroxyl groups is 1. The minimum Gasteiger partial charge on any atom is -0.388 e. The molecule has 2 fully saturated rings. The Morgan fingerprint density at radius 3 is 3.00 bits per heavy atom. The molecule has 4 unspecified atom stereocenters. The zero-order valence-corrected chi connectivity index (χ0v) is 8.63. The van der Waals surface area contributed by atoms with Crippen molar-refractivity contribution in [2.45, 2.75) is 37.5 Å². The van der Waals surface area contributed by atoms with Crippen LogP contribution in [-0.2, 0) is 0 Å². The topological polar surface area (TPSA) is 45.2 Å². The number of pyridine rings is 1. The van der Waals surface area contributed by atoms with Gasteiger partial charge in [-0.25, -0.2) is 0 Å². The summed E-state index contributed by atoms with van der Waals surface area (Å²) in [5.74, 6) is 0.382. The van der Waals surface area contributed by atoms with E-state index in [0.29, 0.717) is 18.0 Å². The molecule has 0 saturated carbocycles. The molecule has 1 aromatic heterocycles. The van der Waals surface area contributed by atoms with Gasteiger partial charge in [-0.2, -0.15) is 0 Å². The average molecular weight is 204 g/mol. The van der Waals surface area contributed by atoms with Gasteiger partial charge in [-0.15, -0.1) is 0 Å². The first kappa shape index (κ1) is 9.31. The maximum atomic E-state index is 10.3. The fourth-order valence-corrected chi connectivity index (χ4v) is 3.01. The van der Waals surface area contributed by atoms with E-state index in [4.69, 9.17) is 0 Å². The van der Waals surface area contributed by atoms with Crippen molar-refractivity contribution in [1.29, 1.82) is 0 Å². The quantitative estimate of drug-likeness (QED) is 0.762. The molecule has 0 aliphatic carbocycles. The molecule has 80 valence electrons. The lowest BCUT2D eigenvalue weighted by atomic mass is 9.83. The van der Waals surface area contributed by atoms with Crippen molar-refractivity contribution in [3.63, 3.8) is 0 Å². The summed E-state index contributed by atoms with van der Waals surface area (Å²) < 4.78 is 0. The number of nitrogens with one attached hydrogen (secondary N) is 1. The van der Waals surface area contributed by atoms with E-state index in [1.165, 1.54) is 12.8 Å². The first-order chi connectivity index (χ1) is 7.34. The number of rotatable bonds is 2. The summed E-state index contributed by atoms with van der Waals surface area (Å²) in [5, 5.41) is 13.8. The molecule has 0 amide bonds. The molecule has 2 N–H and O–H groups in total. The Bertz CT molecular complexity index is 341. The van der Waals surface area contributed by atoms with Crippen LogP contribution in [0.3, 0.4) is 0 Å². The lowest BCUT2D eigenvalue weighted by Gasteiger charge is -2.25. The predicted octanol–water partition coefficient (Wildman–Crippen LogP) is 1.26. The molecule has 3 heteroatoms. The van der Waals surface area contributed by atoms with Gasteiger partial charge in [0.2, 0.25) is 0 Å². The van der Waals surface area contributed by atoms with Gasteiger partial charge in [0.25, 0.3) is 0 Å². The summed E-state index contributed by atoms with van der Waals surface area (Å²) in [4.78, 5) is 4.06. The van der Waals surface area contributed by atoms with Crippen LogP contribution in [0.15, 0.2) is 24.5 Å². The molecule has 0 aromatic carbocycles. The Labute approximate surface area is 89.5 Å². The Hall–Kier alpha value is -0.930. The van der Waals surface area contributed by atoms with Crippen LogP contribution in [-0.4, -0.2) is 22.2 Å². The monoisotopic (exact) mass is 204 g/mol. The molecule has 1 aromatic rings. The molecule has 3 rings (SSSR count). The summed E-state index contributed by atoms with van der Waals surface area (Å²) >= 11 is 0. The minimum absolute atomic E-state index is 0.346. The van der Waals surface area contributed by atoms with E-state index in [9.17, 15) is 5.11 Å². The zero-order chi connectivity index (χ0) is 10.3. The van der Waals surface area contributed by atoms with Crippen LogP contribution in [0.25, 0.3) is 0 Å². The Morgan fingerprint density at radius 2 is 2.40 bits per heavy atom. The maximum Gasteiger partial charge on any atom is 0.0848 e. The molecule has 2 aliphatic rings. The summed E-state index contributed by atoms with van der Waals surface area (Å²) in [7, 11) is 0. The van der Waals surface area contributed by atoms with E-state index in [1.54, 1.807) is 12.4 Å². The Balaban J connectivity index is 1.78. The summed E-state index contributed by atoms with van der Waals surface area (Å²) in [6.45, 7) is 0. The third-order valence-electron chi connectivity index (χ3n) is 3.78. The van der Waals surface area contributed by atoms with Gasteiger partial charge in [0.1, 0.15) is 0 Å². The van der Waals surface area contributed by atoms with E-state index >= 15 is 0 Å². The van der Waals surface area contributed by atoms with Gasteiger partial charge in [0, 0.05) is 30.4 Å². The van der Waals surface area contributed by atoms with Crippen LogP contribution in [0.5, 0.6) is 0 Å². The SMILES string of the molecule is OC(c1cccnc1)C1CC2CCC1N2. The Morgan fingerprint density at radius 1 is 1.47 bits per heavy atom. The molecule has 2 aliphatic heterocycles. The van der Waals surface area contributed by atoms with Crippen LogP contribution in [0.4, 0.5) is 0 Å². The fourth-order valence-electron chi connectivity index (χ4n) is 3.01. The fraction of sp³-hybridized carbons (Fsp3) is 0.583. The number of nitrogens with zero attached hydrogens (tertiary/aromatic N) is 1. The largest absolute Gasteiger partial charge is 0.388 e. The molecule has 15 heavy (non-hydrogen) atoms. The van der Waals surface area contributed by atoms with E-state index in [1.807, 2.05) is 12.1 Å². The summed E-state index contributed by atoms with van der Waals surface area (Å²) in [6.07, 6.45) is 6.78. The molecule has 4 atom stereocenters. The second-order valence-corrected chi connectivity index (χ2v) is 4.68. The van der Waals surface area contributed by atoms with Crippen molar-refractivity contribution in [2.24, 2.45) is 5.92 Å². The maximum absolute atomic E-state index is 10.3. The van der Waals surface area contributed by atoms with Crippen LogP contribution < -0.4 is 5.32 Å². The van der Waals surface area contributed by atoms with Crippen molar-refractivity contribution in [2.75, 3.05) is 0 Å². The van der Waals surface area contributed by atoms with Crippen LogP contribution in [0.1, 0.15) is 30.9 Å². The highest BCUT2D eigenvalue weighted by molar-refractivity contribution is 5.15. The first-order valence-corrected chi connectivity index (χ1v) is 5.68. The van der Waals surface area contributed by atoms with E-state index in [2.05, 4.69) is 10.3 Å². The van der Waals surface area contributed by atoms with Crippen molar-refractivity contribution in [3.8, 4) is 0 Å². The van der Waals surface area contributed by atoms with Gasteiger partial charge in [-0.05, 0) is 30.9 Å². The smallest absolute Gasteiger partial charge is 0.0848 e. The minimum atomic E-state index is -0.346. The standard InChI is InChI=1S/C12H16N2O/c15-12(8-2-1-5-13-7-8)10-6-9-3-4-11(10)14-9/h1-2,5,7,9-12,14-15H,3-4,6H2. The predicted molar refractivity (Wildman–Crippen MR) is 57.2 cm³/mol. The summed E-state index contributed by atoms with van der Waals surface area (Å²) in [5.41, 5.74) is 0.955. The Kier molecular flexibility index (Phi) is 2.22. The van der Waals surface area contributed by atoms with E-state index in [-0.39, 0.29) is 6.10 Å². The van der Waals surface area contributed by atoms with Crippen molar-refractivity contribution >= 4 is 0 Å². The van der Waals surface area contributed by atoms with Crippen LogP contribution >= 0.6 is 0 Å². The average Bonchev–Trinajstić information content (AvgIpc) is 2.91. The van der Waals surface area contributed by atoms with Gasteiger partial charge in [-0.1, -0.05) is 6.07 Å². The highest BCUT2D eigenvalue weighted by Crippen LogP contribution is 2.40. The van der Waals surface area contributed by atoms with Crippen LogP contribution in [0.2, 0.25) is 0 Å². The number of aromatic nitrogens is 1. The first-order valence-electron chi connectivity index (χ1n) is 5.68. The zero-order valence-electron chi connectivity index (χ0n) is 8.63. The van der Waals surface area contributed by atoms with Crippen molar-refractivity contribution in [1.82, 2.24) is 10.3 Å². The second kappa shape index (κ2) is 3.58. The number of hydrogen-bond donors (Lipinski definition) is 2. The van der Waals surface area contributed by atoms with Gasteiger partial charge in [-0.3, -0.25) is 4.98 Å². The molecule has 3 nitrogen and oxygen atoms in total. The van der Waals surface area contributed by atoms with Gasteiger partial charge in [0.15, 0.2) is 0 Å². The molecule has 0 spiro atoms. The summed E-state index contributed by atoms with van der Waals surface area (Å²) in [6, 6.07) is 5.01. The number of aliphatic hydroxyl groups excluding tert-OH is 1. The molecule has 2 saturated heterocycles. The lowest BCUT2D eigenvalue weighted by Crippen LogP contribution is -2.27. The lowest BCUT2D eigenvalue weighted by molar-refractivity contribution is 0.0927. The van der Waals surface area contributed by atoms with Gasteiger partial charge in [0.05, 0.1) is 6.10 Å². The van der Waals surface area contributed by atoms with E-state index < -0.39 is 0 Å². The molecule has 2 bridgehead atoms. The second-order valence-electron chi connectivity index (χ2n) is 4.68. The molecule has 0 radical (unpaired) electrons. The molecule has 3 heterocycles. The third-order valence-corrected chi connectivity index (χ3v) is 3.78. The van der Waals surface area contributed by atoms with Gasteiger partial charge >= 0.3 is 0 Å². The van der Waals surface area contributed by atoms with Gasteiger partial charge < -0.3 is 10.4 Å². The molecular formula is C12H16N2O. The van der Waals surface area contributed by atoms with Crippen LogP contribution in [0, 0.1) is 5.92 Å².